The second-order valence-electron chi connectivity index (χ2n) is 3.09. The van der Waals surface area contributed by atoms with Gasteiger partial charge in [-0.15, -0.1) is 0 Å². The normalized spacial score (nSPS) is 10.1. The summed E-state index contributed by atoms with van der Waals surface area (Å²) in [6.07, 6.45) is 0. The molecule has 0 bridgehead atoms. The van der Waals surface area contributed by atoms with E-state index < -0.39 is 0 Å². The number of phenolic OH excluding ortho intramolecular Hbond substituents is 1. The molecule has 76 valence electrons. The van der Waals surface area contributed by atoms with Crippen LogP contribution in [0.4, 0.5) is 11.6 Å². The molecule has 0 radical (unpaired) electrons. The highest BCUT2D eigenvalue weighted by Gasteiger charge is 2.04. The maximum Gasteiger partial charge on any atom is 0.163 e. The molecular formula is C10H10N4O. The maximum atomic E-state index is 9.29. The Hall–Kier alpha value is -2.30. The number of hydrogen-bond acceptors (Lipinski definition) is 5. The molecule has 2 rings (SSSR count). The van der Waals surface area contributed by atoms with Crippen molar-refractivity contribution in [2.24, 2.45) is 0 Å². The molecule has 0 aliphatic carbocycles. The van der Waals surface area contributed by atoms with Crippen LogP contribution in [-0.4, -0.2) is 15.1 Å². The molecule has 0 atom stereocenters. The third-order valence-electron chi connectivity index (χ3n) is 1.87. The molecule has 5 N–H and O–H groups in total. The molecule has 15 heavy (non-hydrogen) atoms. The first-order chi connectivity index (χ1) is 7.15. The van der Waals surface area contributed by atoms with Gasteiger partial charge in [0.2, 0.25) is 0 Å². The minimum absolute atomic E-state index is 0.150. The highest BCUT2D eigenvalue weighted by molar-refractivity contribution is 5.61. The number of nitrogens with zero attached hydrogens (tertiary/aromatic N) is 2. The highest BCUT2D eigenvalue weighted by Crippen LogP contribution is 2.21. The van der Waals surface area contributed by atoms with Gasteiger partial charge in [0.1, 0.15) is 17.4 Å². The Bertz CT molecular complexity index is 478. The molecular weight excluding hydrogens is 192 g/mol. The van der Waals surface area contributed by atoms with Crippen LogP contribution in [0.3, 0.4) is 0 Å². The van der Waals surface area contributed by atoms with Gasteiger partial charge in [0.15, 0.2) is 5.82 Å². The van der Waals surface area contributed by atoms with Gasteiger partial charge in [0.05, 0.1) is 0 Å². The molecule has 1 aromatic carbocycles. The van der Waals surface area contributed by atoms with Crippen LogP contribution in [0.5, 0.6) is 5.75 Å². The zero-order valence-corrected chi connectivity index (χ0v) is 7.88. The van der Waals surface area contributed by atoms with E-state index in [1.54, 1.807) is 24.3 Å². The Morgan fingerprint density at radius 1 is 1.00 bits per heavy atom. The second-order valence-corrected chi connectivity index (χ2v) is 3.09. The van der Waals surface area contributed by atoms with Crippen LogP contribution in [0, 0.1) is 0 Å². The predicted octanol–water partition coefficient (Wildman–Crippen LogP) is 1.01. The molecule has 0 saturated carbocycles. The topological polar surface area (TPSA) is 98.1 Å². The van der Waals surface area contributed by atoms with Gasteiger partial charge in [-0.2, -0.15) is 0 Å². The Kier molecular flexibility index (Phi) is 2.13. The molecule has 0 fully saturated rings. The van der Waals surface area contributed by atoms with Gasteiger partial charge in [-0.1, -0.05) is 12.1 Å². The van der Waals surface area contributed by atoms with E-state index >= 15 is 0 Å². The first-order valence-electron chi connectivity index (χ1n) is 4.34. The van der Waals surface area contributed by atoms with Gasteiger partial charge in [0.25, 0.3) is 0 Å². The summed E-state index contributed by atoms with van der Waals surface area (Å²) in [4.78, 5) is 8.04. The van der Waals surface area contributed by atoms with Crippen LogP contribution >= 0.6 is 0 Å². The molecule has 5 heteroatoms. The van der Waals surface area contributed by atoms with Crippen LogP contribution in [0.25, 0.3) is 11.4 Å². The Labute approximate surface area is 86.4 Å². The average Bonchev–Trinajstić information content (AvgIpc) is 2.16. The van der Waals surface area contributed by atoms with Crippen LogP contribution in [0.2, 0.25) is 0 Å². The number of phenols is 1. The third kappa shape index (κ3) is 1.96. The van der Waals surface area contributed by atoms with Crippen molar-refractivity contribution in [3.63, 3.8) is 0 Å². The fourth-order valence-corrected chi connectivity index (χ4v) is 1.26. The van der Waals surface area contributed by atoms with Crippen molar-refractivity contribution in [3.05, 3.63) is 30.3 Å². The van der Waals surface area contributed by atoms with Crippen LogP contribution < -0.4 is 11.5 Å². The van der Waals surface area contributed by atoms with Crippen molar-refractivity contribution in [2.75, 3.05) is 11.5 Å². The Morgan fingerprint density at radius 3 is 2.27 bits per heavy atom. The lowest BCUT2D eigenvalue weighted by molar-refractivity contribution is 0.475. The van der Waals surface area contributed by atoms with Crippen molar-refractivity contribution in [2.45, 2.75) is 0 Å². The monoisotopic (exact) mass is 202 g/mol. The van der Waals surface area contributed by atoms with Gasteiger partial charge in [-0.05, 0) is 12.1 Å². The van der Waals surface area contributed by atoms with Crippen LogP contribution in [0.1, 0.15) is 0 Å². The lowest BCUT2D eigenvalue weighted by atomic mass is 10.2. The quantitative estimate of drug-likeness (QED) is 0.641. The molecule has 0 saturated heterocycles. The number of rotatable bonds is 1. The van der Waals surface area contributed by atoms with Crippen molar-refractivity contribution >= 4 is 11.6 Å². The first-order valence-corrected chi connectivity index (χ1v) is 4.34. The van der Waals surface area contributed by atoms with E-state index in [0.717, 1.165) is 0 Å². The number of nitrogens with two attached hydrogens (primary N) is 2. The zero-order chi connectivity index (χ0) is 10.8. The predicted molar refractivity (Wildman–Crippen MR) is 58.0 cm³/mol. The summed E-state index contributed by atoms with van der Waals surface area (Å²) >= 11 is 0. The van der Waals surface area contributed by atoms with Crippen molar-refractivity contribution in [1.29, 1.82) is 0 Å². The number of aromatic hydroxyl groups is 1. The van der Waals surface area contributed by atoms with E-state index in [9.17, 15) is 5.11 Å². The summed E-state index contributed by atoms with van der Waals surface area (Å²) in [5, 5.41) is 9.29. The van der Waals surface area contributed by atoms with E-state index in [0.29, 0.717) is 23.0 Å². The molecule has 0 spiro atoms. The number of nitrogen functional groups attached to an aromatic ring is 2. The van der Waals surface area contributed by atoms with Gasteiger partial charge in [-0.3, -0.25) is 0 Å². The Morgan fingerprint density at radius 2 is 1.67 bits per heavy atom. The van der Waals surface area contributed by atoms with Gasteiger partial charge < -0.3 is 16.6 Å². The molecule has 0 unspecified atom stereocenters. The van der Waals surface area contributed by atoms with Crippen LogP contribution in [-0.2, 0) is 0 Å². The third-order valence-corrected chi connectivity index (χ3v) is 1.87. The summed E-state index contributed by atoms with van der Waals surface area (Å²) in [6.45, 7) is 0. The summed E-state index contributed by atoms with van der Waals surface area (Å²) in [7, 11) is 0. The van der Waals surface area contributed by atoms with E-state index in [2.05, 4.69) is 9.97 Å². The summed E-state index contributed by atoms with van der Waals surface area (Å²) < 4.78 is 0. The molecule has 1 heterocycles. The minimum atomic E-state index is 0.150. The van der Waals surface area contributed by atoms with E-state index in [4.69, 9.17) is 11.5 Å². The van der Waals surface area contributed by atoms with Crippen molar-refractivity contribution in [1.82, 2.24) is 9.97 Å². The number of aromatic nitrogens is 2. The Balaban J connectivity index is 2.54. The first kappa shape index (κ1) is 9.26. The van der Waals surface area contributed by atoms with E-state index in [1.165, 1.54) is 6.07 Å². The van der Waals surface area contributed by atoms with E-state index in [-0.39, 0.29) is 5.75 Å². The summed E-state index contributed by atoms with van der Waals surface area (Å²) in [6, 6.07) is 8.07. The molecule has 0 amide bonds. The van der Waals surface area contributed by atoms with Gasteiger partial charge in [-0.25, -0.2) is 9.97 Å². The fourth-order valence-electron chi connectivity index (χ4n) is 1.26. The molecule has 2 aromatic rings. The SMILES string of the molecule is Nc1cc(N)nc(-c2cccc(O)c2)n1. The van der Waals surface area contributed by atoms with Gasteiger partial charge in [0, 0.05) is 11.6 Å². The highest BCUT2D eigenvalue weighted by atomic mass is 16.3. The van der Waals surface area contributed by atoms with Crippen LogP contribution in [0.15, 0.2) is 30.3 Å². The molecule has 1 aromatic heterocycles. The lowest BCUT2D eigenvalue weighted by Crippen LogP contribution is -1.99. The maximum absolute atomic E-state index is 9.29. The lowest BCUT2D eigenvalue weighted by Gasteiger charge is -2.03. The summed E-state index contributed by atoms with van der Waals surface area (Å²) in [5.74, 6) is 1.17. The van der Waals surface area contributed by atoms with Crippen molar-refractivity contribution < 1.29 is 5.11 Å². The number of hydrogen-bond donors (Lipinski definition) is 3. The molecule has 5 nitrogen and oxygen atoms in total. The average molecular weight is 202 g/mol. The largest absolute Gasteiger partial charge is 0.508 e. The molecule has 0 aliphatic heterocycles. The summed E-state index contributed by atoms with van der Waals surface area (Å²) in [5.41, 5.74) is 11.8. The second kappa shape index (κ2) is 3.45. The standard InChI is InChI=1S/C10H10N4O/c11-8-5-9(12)14-10(13-8)6-2-1-3-7(15)4-6/h1-5,15H,(H4,11,12,13,14). The smallest absolute Gasteiger partial charge is 0.163 e. The zero-order valence-electron chi connectivity index (χ0n) is 7.88. The van der Waals surface area contributed by atoms with Gasteiger partial charge >= 0.3 is 0 Å². The van der Waals surface area contributed by atoms with Crippen molar-refractivity contribution in [3.8, 4) is 17.1 Å². The minimum Gasteiger partial charge on any atom is -0.508 e. The van der Waals surface area contributed by atoms with E-state index in [1.807, 2.05) is 0 Å². The molecule has 0 aliphatic rings. The number of benzene rings is 1. The fraction of sp³-hybridized carbons (Fsp3) is 0. The number of anilines is 2.